The quantitative estimate of drug-likeness (QED) is 0.523. The molecule has 0 unspecified atom stereocenters. The third-order valence-electron chi connectivity index (χ3n) is 5.73. The molecule has 2 aliphatic heterocycles. The second kappa shape index (κ2) is 8.60. The van der Waals surface area contributed by atoms with Gasteiger partial charge < -0.3 is 18.9 Å². The van der Waals surface area contributed by atoms with Crippen LogP contribution in [0.5, 0.6) is 23.0 Å². The van der Waals surface area contributed by atoms with Crippen LogP contribution in [-0.4, -0.2) is 31.6 Å². The zero-order chi connectivity index (χ0) is 22.9. The van der Waals surface area contributed by atoms with E-state index in [2.05, 4.69) is 4.90 Å². The van der Waals surface area contributed by atoms with Crippen molar-refractivity contribution in [3.05, 3.63) is 88.4 Å². The number of allylic oxidation sites excluding steroid dienone is 1. The molecule has 2 heterocycles. The summed E-state index contributed by atoms with van der Waals surface area (Å²) in [6, 6.07) is 15.3. The molecule has 0 spiro atoms. The van der Waals surface area contributed by atoms with E-state index in [1.807, 2.05) is 12.1 Å². The first kappa shape index (κ1) is 21.0. The molecule has 0 radical (unpaired) electrons. The van der Waals surface area contributed by atoms with E-state index >= 15 is 0 Å². The lowest BCUT2D eigenvalue weighted by Gasteiger charge is -2.29. The summed E-state index contributed by atoms with van der Waals surface area (Å²) in [6.07, 6.45) is 1.67. The standard InChI is InChI=1S/C26H22FNO5/c1-30-19-8-5-17(23(12-19)31-2)11-24-25(29)20-9-10-22-21(26(20)33-24)14-28(15-32-22)13-16-3-6-18(27)7-4-16/h3-12H,13-15H2,1-2H3/b24-11-. The molecule has 33 heavy (non-hydrogen) atoms. The third-order valence-corrected chi connectivity index (χ3v) is 5.73. The Labute approximate surface area is 190 Å². The highest BCUT2D eigenvalue weighted by Crippen LogP contribution is 2.42. The fraction of sp³-hybridized carbons (Fsp3) is 0.192. The topological polar surface area (TPSA) is 57.2 Å². The van der Waals surface area contributed by atoms with Crippen molar-refractivity contribution < 1.29 is 28.1 Å². The lowest BCUT2D eigenvalue weighted by Crippen LogP contribution is -2.31. The number of ketones is 1. The van der Waals surface area contributed by atoms with Crippen LogP contribution in [0.1, 0.15) is 27.0 Å². The Hall–Kier alpha value is -3.84. The maximum atomic E-state index is 13.2. The van der Waals surface area contributed by atoms with Crippen LogP contribution < -0.4 is 18.9 Å². The van der Waals surface area contributed by atoms with E-state index in [0.717, 1.165) is 11.1 Å². The number of carbonyl (C=O) groups excluding carboxylic acids is 1. The van der Waals surface area contributed by atoms with Gasteiger partial charge >= 0.3 is 0 Å². The zero-order valence-electron chi connectivity index (χ0n) is 18.3. The van der Waals surface area contributed by atoms with Crippen LogP contribution in [0.3, 0.4) is 0 Å². The van der Waals surface area contributed by atoms with E-state index in [4.69, 9.17) is 18.9 Å². The van der Waals surface area contributed by atoms with Crippen LogP contribution in [-0.2, 0) is 13.1 Å². The minimum atomic E-state index is -0.267. The van der Waals surface area contributed by atoms with Crippen LogP contribution >= 0.6 is 0 Å². The summed E-state index contributed by atoms with van der Waals surface area (Å²) in [5.74, 6) is 2.20. The number of Topliss-reactive ketones (excluding diaryl/α,β-unsaturated/α-hetero) is 1. The molecule has 2 aliphatic rings. The van der Waals surface area contributed by atoms with Gasteiger partial charge in [0.05, 0.1) is 25.3 Å². The van der Waals surface area contributed by atoms with Gasteiger partial charge in [0.15, 0.2) is 5.76 Å². The molecule has 3 aromatic carbocycles. The Kier molecular flexibility index (Phi) is 5.48. The fourth-order valence-corrected chi connectivity index (χ4v) is 4.03. The van der Waals surface area contributed by atoms with Crippen LogP contribution in [0.25, 0.3) is 6.08 Å². The number of rotatable bonds is 5. The lowest BCUT2D eigenvalue weighted by atomic mass is 10.0. The minimum absolute atomic E-state index is 0.193. The number of hydrogen-bond donors (Lipinski definition) is 0. The first-order valence-electron chi connectivity index (χ1n) is 10.5. The van der Waals surface area contributed by atoms with Crippen molar-refractivity contribution in [1.82, 2.24) is 4.90 Å². The molecule has 0 atom stereocenters. The Balaban J connectivity index is 1.42. The van der Waals surface area contributed by atoms with Crippen molar-refractivity contribution >= 4 is 11.9 Å². The summed E-state index contributed by atoms with van der Waals surface area (Å²) >= 11 is 0. The first-order chi connectivity index (χ1) is 16.1. The average Bonchev–Trinajstić information content (AvgIpc) is 3.16. The van der Waals surface area contributed by atoms with Crippen LogP contribution in [0.2, 0.25) is 0 Å². The summed E-state index contributed by atoms with van der Waals surface area (Å²) in [5, 5.41) is 0. The molecule has 0 amide bonds. The highest BCUT2D eigenvalue weighted by Gasteiger charge is 2.33. The number of nitrogens with zero attached hydrogens (tertiary/aromatic N) is 1. The molecular formula is C26H22FNO5. The average molecular weight is 447 g/mol. The summed E-state index contributed by atoms with van der Waals surface area (Å²) in [4.78, 5) is 15.1. The van der Waals surface area contributed by atoms with E-state index in [0.29, 0.717) is 53.9 Å². The Morgan fingerprint density at radius 1 is 1.06 bits per heavy atom. The number of fused-ring (bicyclic) bond motifs is 3. The first-order valence-corrected chi connectivity index (χ1v) is 10.5. The molecule has 0 saturated carbocycles. The summed E-state index contributed by atoms with van der Waals surface area (Å²) in [7, 11) is 3.14. The third kappa shape index (κ3) is 4.03. The molecule has 0 fully saturated rings. The van der Waals surface area contributed by atoms with E-state index in [1.165, 1.54) is 12.1 Å². The smallest absolute Gasteiger partial charge is 0.231 e. The van der Waals surface area contributed by atoms with Gasteiger partial charge in [0.25, 0.3) is 0 Å². The molecule has 168 valence electrons. The molecule has 3 aromatic rings. The van der Waals surface area contributed by atoms with Gasteiger partial charge in [-0.1, -0.05) is 12.1 Å². The molecule has 0 aromatic heterocycles. The molecule has 7 heteroatoms. The van der Waals surface area contributed by atoms with Crippen molar-refractivity contribution in [3.8, 4) is 23.0 Å². The van der Waals surface area contributed by atoms with Crippen molar-refractivity contribution in [2.45, 2.75) is 13.1 Å². The fourth-order valence-electron chi connectivity index (χ4n) is 4.03. The second-order valence-electron chi connectivity index (χ2n) is 7.85. The summed E-state index contributed by atoms with van der Waals surface area (Å²) < 4.78 is 35.9. The van der Waals surface area contributed by atoms with Crippen LogP contribution in [0.4, 0.5) is 4.39 Å². The van der Waals surface area contributed by atoms with Crippen LogP contribution in [0.15, 0.2) is 60.4 Å². The van der Waals surface area contributed by atoms with Gasteiger partial charge in [-0.3, -0.25) is 9.69 Å². The molecule has 0 bridgehead atoms. The van der Waals surface area contributed by atoms with E-state index < -0.39 is 0 Å². The molecule has 0 aliphatic carbocycles. The highest BCUT2D eigenvalue weighted by molar-refractivity contribution is 6.15. The van der Waals surface area contributed by atoms with Gasteiger partial charge in [0.2, 0.25) is 5.78 Å². The Bertz CT molecular complexity index is 1250. The van der Waals surface area contributed by atoms with Crippen molar-refractivity contribution in [1.29, 1.82) is 0 Å². The predicted octanol–water partition coefficient (Wildman–Crippen LogP) is 4.81. The summed E-state index contributed by atoms with van der Waals surface area (Å²) in [6.45, 7) is 1.52. The maximum absolute atomic E-state index is 13.2. The molecule has 5 rings (SSSR count). The Morgan fingerprint density at radius 2 is 1.88 bits per heavy atom. The molecule has 0 N–H and O–H groups in total. The number of halogens is 1. The van der Waals surface area contributed by atoms with Crippen molar-refractivity contribution in [3.63, 3.8) is 0 Å². The van der Waals surface area contributed by atoms with Gasteiger partial charge in [0.1, 0.15) is 35.5 Å². The summed E-state index contributed by atoms with van der Waals surface area (Å²) in [5.41, 5.74) is 3.00. The second-order valence-corrected chi connectivity index (χ2v) is 7.85. The van der Waals surface area contributed by atoms with E-state index in [1.54, 1.807) is 50.6 Å². The number of carbonyl (C=O) groups is 1. The number of methoxy groups -OCH3 is 2. The monoisotopic (exact) mass is 447 g/mol. The maximum Gasteiger partial charge on any atom is 0.231 e. The zero-order valence-corrected chi connectivity index (χ0v) is 18.3. The van der Waals surface area contributed by atoms with Gasteiger partial charge in [0, 0.05) is 24.7 Å². The van der Waals surface area contributed by atoms with Gasteiger partial charge in [-0.05, 0) is 48.0 Å². The lowest BCUT2D eigenvalue weighted by molar-refractivity contribution is 0.0872. The molecular weight excluding hydrogens is 425 g/mol. The van der Waals surface area contributed by atoms with Crippen molar-refractivity contribution in [2.75, 3.05) is 21.0 Å². The minimum Gasteiger partial charge on any atom is -0.497 e. The van der Waals surface area contributed by atoms with E-state index in [-0.39, 0.29) is 17.4 Å². The van der Waals surface area contributed by atoms with E-state index in [9.17, 15) is 9.18 Å². The highest BCUT2D eigenvalue weighted by atomic mass is 19.1. The predicted molar refractivity (Wildman–Crippen MR) is 120 cm³/mol. The van der Waals surface area contributed by atoms with Crippen LogP contribution in [0, 0.1) is 5.82 Å². The Morgan fingerprint density at radius 3 is 2.64 bits per heavy atom. The van der Waals surface area contributed by atoms with Gasteiger partial charge in [-0.2, -0.15) is 0 Å². The van der Waals surface area contributed by atoms with Gasteiger partial charge in [-0.25, -0.2) is 4.39 Å². The molecule has 6 nitrogen and oxygen atoms in total. The SMILES string of the molecule is COc1ccc(/C=C2\Oc3c(ccc4c3CN(Cc3ccc(F)cc3)CO4)C2=O)c(OC)c1. The molecule has 0 saturated heterocycles. The normalized spacial score (nSPS) is 16.1. The number of ether oxygens (including phenoxy) is 4. The number of benzene rings is 3. The largest absolute Gasteiger partial charge is 0.497 e. The van der Waals surface area contributed by atoms with Crippen molar-refractivity contribution in [2.24, 2.45) is 0 Å². The van der Waals surface area contributed by atoms with Gasteiger partial charge in [-0.15, -0.1) is 0 Å². The number of hydrogen-bond acceptors (Lipinski definition) is 6.